The Morgan fingerprint density at radius 3 is 2.65 bits per heavy atom. The lowest BCUT2D eigenvalue weighted by Crippen LogP contribution is -2.27. The number of rotatable bonds is 8. The zero-order valence-electron chi connectivity index (χ0n) is 15.2. The fourth-order valence-corrected chi connectivity index (χ4v) is 3.85. The molecular weight excluding hydrogens is 460 g/mol. The van der Waals surface area contributed by atoms with E-state index in [0.717, 1.165) is 25.9 Å². The van der Waals surface area contributed by atoms with Gasteiger partial charge in [0.2, 0.25) is 0 Å². The smallest absolute Gasteiger partial charge is 0.251 e. The van der Waals surface area contributed by atoms with Crippen LogP contribution in [0.15, 0.2) is 45.3 Å². The van der Waals surface area contributed by atoms with Crippen molar-refractivity contribution in [3.05, 3.63) is 56.5 Å². The van der Waals surface area contributed by atoms with E-state index in [-0.39, 0.29) is 5.91 Å². The van der Waals surface area contributed by atoms with Gasteiger partial charge in [0, 0.05) is 34.4 Å². The molecule has 26 heavy (non-hydrogen) atoms. The Morgan fingerprint density at radius 2 is 1.96 bits per heavy atom. The number of nitrogens with one attached hydrogen (secondary N) is 2. The third kappa shape index (κ3) is 6.02. The molecule has 2 aromatic carbocycles. The first-order valence-corrected chi connectivity index (χ1v) is 10.2. The summed E-state index contributed by atoms with van der Waals surface area (Å²) >= 11 is 7.07. The topological polar surface area (TPSA) is 50.4 Å². The molecule has 0 aromatic heterocycles. The molecule has 0 aliphatic rings. The van der Waals surface area contributed by atoms with Gasteiger partial charge in [0.05, 0.1) is 11.1 Å². The first kappa shape index (κ1) is 20.8. The zero-order valence-corrected chi connectivity index (χ0v) is 18.4. The van der Waals surface area contributed by atoms with Crippen molar-refractivity contribution in [2.24, 2.45) is 5.92 Å². The van der Waals surface area contributed by atoms with Crippen molar-refractivity contribution in [2.45, 2.75) is 27.3 Å². The Labute approximate surface area is 172 Å². The standard InChI is InChI=1S/C20H24Br2N2O2/c1-4-26-19-15(8-16(21)10-18(19)22)12-23-17-7-5-6-14(9-17)20(25)24-11-13(2)3/h5-10,13,23H,4,11-12H2,1-3H3,(H,24,25). The molecule has 0 bridgehead atoms. The summed E-state index contributed by atoms with van der Waals surface area (Å²) in [4.78, 5) is 12.2. The molecule has 0 atom stereocenters. The van der Waals surface area contributed by atoms with E-state index in [1.165, 1.54) is 0 Å². The molecule has 2 aromatic rings. The predicted molar refractivity (Wildman–Crippen MR) is 114 cm³/mol. The Balaban J connectivity index is 2.11. The van der Waals surface area contributed by atoms with E-state index >= 15 is 0 Å². The Bertz CT molecular complexity index is 763. The number of hydrogen-bond acceptors (Lipinski definition) is 3. The molecule has 2 rings (SSSR count). The van der Waals surface area contributed by atoms with Gasteiger partial charge < -0.3 is 15.4 Å². The molecule has 0 fully saturated rings. The summed E-state index contributed by atoms with van der Waals surface area (Å²) < 4.78 is 7.64. The summed E-state index contributed by atoms with van der Waals surface area (Å²) in [5.41, 5.74) is 2.57. The van der Waals surface area contributed by atoms with E-state index in [9.17, 15) is 4.79 Å². The number of ether oxygens (including phenoxy) is 1. The molecule has 6 heteroatoms. The molecule has 0 unspecified atom stereocenters. The molecule has 0 saturated carbocycles. The van der Waals surface area contributed by atoms with Crippen LogP contribution in [-0.2, 0) is 6.54 Å². The lowest BCUT2D eigenvalue weighted by atomic mass is 10.1. The van der Waals surface area contributed by atoms with Gasteiger partial charge in [0.25, 0.3) is 5.91 Å². The van der Waals surface area contributed by atoms with Gasteiger partial charge in [-0.25, -0.2) is 0 Å². The molecule has 0 aliphatic heterocycles. The van der Waals surface area contributed by atoms with Crippen molar-refractivity contribution in [3.63, 3.8) is 0 Å². The summed E-state index contributed by atoms with van der Waals surface area (Å²) in [6, 6.07) is 11.5. The van der Waals surface area contributed by atoms with Gasteiger partial charge in [0.1, 0.15) is 5.75 Å². The van der Waals surface area contributed by atoms with Crippen molar-refractivity contribution < 1.29 is 9.53 Å². The molecule has 0 radical (unpaired) electrons. The second kappa shape index (κ2) is 9.97. The highest BCUT2D eigenvalue weighted by atomic mass is 79.9. The summed E-state index contributed by atoms with van der Waals surface area (Å²) in [5.74, 6) is 1.20. The third-order valence-corrected chi connectivity index (χ3v) is 4.70. The van der Waals surface area contributed by atoms with Gasteiger partial charge in [-0.1, -0.05) is 35.8 Å². The van der Waals surface area contributed by atoms with Crippen LogP contribution in [0.3, 0.4) is 0 Å². The molecule has 140 valence electrons. The predicted octanol–water partition coefficient (Wildman–Crippen LogP) is 5.61. The highest BCUT2D eigenvalue weighted by molar-refractivity contribution is 9.11. The van der Waals surface area contributed by atoms with Crippen molar-refractivity contribution in [1.29, 1.82) is 0 Å². The first-order chi connectivity index (χ1) is 12.4. The highest BCUT2D eigenvalue weighted by Crippen LogP contribution is 2.33. The van der Waals surface area contributed by atoms with E-state index < -0.39 is 0 Å². The lowest BCUT2D eigenvalue weighted by Gasteiger charge is -2.15. The van der Waals surface area contributed by atoms with Gasteiger partial charge in [-0.3, -0.25) is 4.79 Å². The first-order valence-electron chi connectivity index (χ1n) is 8.63. The monoisotopic (exact) mass is 482 g/mol. The van der Waals surface area contributed by atoms with Gasteiger partial charge in [-0.2, -0.15) is 0 Å². The Hall–Kier alpha value is -1.53. The molecule has 4 nitrogen and oxygen atoms in total. The molecule has 0 heterocycles. The maximum absolute atomic E-state index is 12.2. The van der Waals surface area contributed by atoms with Crippen LogP contribution in [0.2, 0.25) is 0 Å². The summed E-state index contributed by atoms with van der Waals surface area (Å²) in [6.45, 7) is 7.96. The SMILES string of the molecule is CCOc1c(Br)cc(Br)cc1CNc1cccc(C(=O)NCC(C)C)c1. The average molecular weight is 484 g/mol. The number of amides is 1. The molecule has 0 spiro atoms. The lowest BCUT2D eigenvalue weighted by molar-refractivity contribution is 0.0949. The average Bonchev–Trinajstić information content (AvgIpc) is 2.60. The molecule has 2 N–H and O–H groups in total. The highest BCUT2D eigenvalue weighted by Gasteiger charge is 2.11. The van der Waals surface area contributed by atoms with Gasteiger partial charge in [-0.15, -0.1) is 0 Å². The Morgan fingerprint density at radius 1 is 1.19 bits per heavy atom. The minimum atomic E-state index is -0.0532. The number of benzene rings is 2. The Kier molecular flexibility index (Phi) is 7.97. The molecular formula is C20H24Br2N2O2. The summed E-state index contributed by atoms with van der Waals surface area (Å²) in [7, 11) is 0. The zero-order chi connectivity index (χ0) is 19.1. The van der Waals surface area contributed by atoms with Crippen LogP contribution >= 0.6 is 31.9 Å². The van der Waals surface area contributed by atoms with Crippen molar-refractivity contribution >= 4 is 43.5 Å². The van der Waals surface area contributed by atoms with Crippen molar-refractivity contribution in [2.75, 3.05) is 18.5 Å². The number of halogens is 2. The van der Waals surface area contributed by atoms with E-state index in [4.69, 9.17) is 4.74 Å². The number of anilines is 1. The van der Waals surface area contributed by atoms with Crippen LogP contribution in [0, 0.1) is 5.92 Å². The second-order valence-corrected chi connectivity index (χ2v) is 8.12. The maximum Gasteiger partial charge on any atom is 0.251 e. The minimum absolute atomic E-state index is 0.0532. The van der Waals surface area contributed by atoms with Crippen LogP contribution < -0.4 is 15.4 Å². The van der Waals surface area contributed by atoms with E-state index in [0.29, 0.717) is 31.2 Å². The molecule has 1 amide bonds. The fourth-order valence-electron chi connectivity index (χ4n) is 2.42. The van der Waals surface area contributed by atoms with Crippen LogP contribution in [-0.4, -0.2) is 19.1 Å². The largest absolute Gasteiger partial charge is 0.492 e. The summed E-state index contributed by atoms with van der Waals surface area (Å²) in [6.07, 6.45) is 0. The van der Waals surface area contributed by atoms with Crippen LogP contribution in [0.1, 0.15) is 36.7 Å². The summed E-state index contributed by atoms with van der Waals surface area (Å²) in [5, 5.41) is 6.31. The number of carbonyl (C=O) groups excluding carboxylic acids is 1. The van der Waals surface area contributed by atoms with Crippen LogP contribution in [0.25, 0.3) is 0 Å². The van der Waals surface area contributed by atoms with E-state index in [1.807, 2.05) is 43.3 Å². The molecule has 0 saturated heterocycles. The molecule has 0 aliphatic carbocycles. The van der Waals surface area contributed by atoms with Gasteiger partial charge >= 0.3 is 0 Å². The third-order valence-electron chi connectivity index (χ3n) is 3.65. The quantitative estimate of drug-likeness (QED) is 0.513. The van der Waals surface area contributed by atoms with Gasteiger partial charge in [0.15, 0.2) is 0 Å². The van der Waals surface area contributed by atoms with E-state index in [2.05, 4.69) is 56.3 Å². The van der Waals surface area contributed by atoms with Crippen molar-refractivity contribution in [1.82, 2.24) is 5.32 Å². The van der Waals surface area contributed by atoms with Crippen LogP contribution in [0.4, 0.5) is 5.69 Å². The van der Waals surface area contributed by atoms with Crippen molar-refractivity contribution in [3.8, 4) is 5.75 Å². The minimum Gasteiger partial charge on any atom is -0.492 e. The van der Waals surface area contributed by atoms with Crippen LogP contribution in [0.5, 0.6) is 5.75 Å². The number of carbonyl (C=O) groups is 1. The van der Waals surface area contributed by atoms with E-state index in [1.54, 1.807) is 0 Å². The fraction of sp³-hybridized carbons (Fsp3) is 0.350. The maximum atomic E-state index is 12.2. The second-order valence-electron chi connectivity index (χ2n) is 6.35. The normalized spacial score (nSPS) is 10.7. The number of hydrogen-bond donors (Lipinski definition) is 2. The van der Waals surface area contributed by atoms with Gasteiger partial charge in [-0.05, 0) is 59.1 Å².